The molecule has 0 aromatic rings. The molecule has 0 aliphatic heterocycles. The number of methoxy groups -OCH3 is 2. The summed E-state index contributed by atoms with van der Waals surface area (Å²) in [4.78, 5) is 0. The molecule has 0 aromatic carbocycles. The zero-order valence-corrected chi connectivity index (χ0v) is 8.28. The molecule has 80 valence electrons. The lowest BCUT2D eigenvalue weighted by atomic mass is 10.5. The van der Waals surface area contributed by atoms with E-state index in [-0.39, 0.29) is 12.9 Å². The molecule has 0 atom stereocenters. The van der Waals surface area contributed by atoms with E-state index < -0.39 is 0 Å². The van der Waals surface area contributed by atoms with Gasteiger partial charge in [0.1, 0.15) is 0 Å². The second-order valence-electron chi connectivity index (χ2n) is 2.44. The molecular weight excluding hydrogens is 174 g/mol. The zero-order chi connectivity index (χ0) is 9.94. The van der Waals surface area contributed by atoms with Gasteiger partial charge < -0.3 is 24.6 Å². The van der Waals surface area contributed by atoms with Crippen LogP contribution in [0.3, 0.4) is 0 Å². The van der Waals surface area contributed by atoms with Crippen molar-refractivity contribution >= 4 is 0 Å². The molecule has 0 unspecified atom stereocenters. The predicted octanol–water partition coefficient (Wildman–Crippen LogP) is -0.796. The summed E-state index contributed by atoms with van der Waals surface area (Å²) in [6, 6.07) is 0. The molecule has 0 aliphatic rings. The maximum atomic E-state index is 8.40. The van der Waals surface area contributed by atoms with E-state index in [4.69, 9.17) is 19.3 Å². The Balaban J connectivity index is 3.05. The number of rotatable bonds is 9. The average Bonchev–Trinajstić information content (AvgIpc) is 2.17. The van der Waals surface area contributed by atoms with E-state index >= 15 is 0 Å². The van der Waals surface area contributed by atoms with Gasteiger partial charge in [-0.2, -0.15) is 0 Å². The van der Waals surface area contributed by atoms with Crippen LogP contribution in [0.4, 0.5) is 0 Å². The first kappa shape index (κ1) is 12.8. The lowest BCUT2D eigenvalue weighted by molar-refractivity contribution is -0.0991. The Morgan fingerprint density at radius 1 is 1.23 bits per heavy atom. The molecule has 0 rings (SSSR count). The van der Waals surface area contributed by atoms with Crippen LogP contribution in [0.2, 0.25) is 0 Å². The van der Waals surface area contributed by atoms with Gasteiger partial charge in [-0.3, -0.25) is 0 Å². The fourth-order valence-electron chi connectivity index (χ4n) is 0.794. The maximum Gasteiger partial charge on any atom is 0.169 e. The van der Waals surface area contributed by atoms with E-state index in [2.05, 4.69) is 5.32 Å². The Labute approximate surface area is 79.0 Å². The zero-order valence-electron chi connectivity index (χ0n) is 8.28. The third-order valence-electron chi connectivity index (χ3n) is 1.50. The lowest BCUT2D eigenvalue weighted by Gasteiger charge is -2.13. The van der Waals surface area contributed by atoms with Crippen molar-refractivity contribution in [3.05, 3.63) is 0 Å². The molecule has 0 radical (unpaired) electrons. The molecule has 0 spiro atoms. The van der Waals surface area contributed by atoms with Crippen LogP contribution >= 0.6 is 0 Å². The number of aliphatic hydroxyl groups excluding tert-OH is 1. The molecule has 5 heteroatoms. The number of hydrogen-bond donors (Lipinski definition) is 2. The highest BCUT2D eigenvalue weighted by molar-refractivity contribution is 4.49. The molecule has 5 nitrogen and oxygen atoms in total. The third kappa shape index (κ3) is 8.14. The van der Waals surface area contributed by atoms with Gasteiger partial charge in [0.15, 0.2) is 6.29 Å². The molecule has 0 aliphatic carbocycles. The van der Waals surface area contributed by atoms with E-state index in [0.717, 1.165) is 6.54 Å². The molecule has 2 N–H and O–H groups in total. The first-order valence-corrected chi connectivity index (χ1v) is 4.30. The number of aliphatic hydroxyl groups is 1. The first-order chi connectivity index (χ1) is 6.35. The van der Waals surface area contributed by atoms with E-state index in [1.54, 1.807) is 14.2 Å². The van der Waals surface area contributed by atoms with Gasteiger partial charge in [0.2, 0.25) is 0 Å². The summed E-state index contributed by atoms with van der Waals surface area (Å²) in [6.45, 7) is 2.40. The highest BCUT2D eigenvalue weighted by Crippen LogP contribution is 1.86. The van der Waals surface area contributed by atoms with Gasteiger partial charge in [0.05, 0.1) is 19.8 Å². The van der Waals surface area contributed by atoms with Gasteiger partial charge in [-0.1, -0.05) is 0 Å². The van der Waals surface area contributed by atoms with Crippen molar-refractivity contribution in [3.8, 4) is 0 Å². The van der Waals surface area contributed by atoms with E-state index in [0.29, 0.717) is 19.8 Å². The Bertz CT molecular complexity index is 98.1. The second-order valence-corrected chi connectivity index (χ2v) is 2.44. The topological polar surface area (TPSA) is 60.0 Å². The van der Waals surface area contributed by atoms with E-state index in [1.807, 2.05) is 0 Å². The van der Waals surface area contributed by atoms with Crippen LogP contribution < -0.4 is 5.32 Å². The second kappa shape index (κ2) is 9.88. The quantitative estimate of drug-likeness (QED) is 0.371. The Morgan fingerprint density at radius 3 is 2.46 bits per heavy atom. The Hall–Kier alpha value is -0.200. The normalized spacial score (nSPS) is 11.1. The monoisotopic (exact) mass is 193 g/mol. The van der Waals surface area contributed by atoms with Crippen LogP contribution in [0.15, 0.2) is 0 Å². The van der Waals surface area contributed by atoms with Crippen LogP contribution in [-0.2, 0) is 14.2 Å². The van der Waals surface area contributed by atoms with Crippen molar-refractivity contribution in [1.82, 2.24) is 5.32 Å². The molecule has 0 saturated carbocycles. The average molecular weight is 193 g/mol. The Kier molecular flexibility index (Phi) is 9.73. The Morgan fingerprint density at radius 2 is 1.92 bits per heavy atom. The van der Waals surface area contributed by atoms with Gasteiger partial charge in [-0.25, -0.2) is 0 Å². The smallest absolute Gasteiger partial charge is 0.169 e. The largest absolute Gasteiger partial charge is 0.394 e. The highest BCUT2D eigenvalue weighted by atomic mass is 16.7. The highest BCUT2D eigenvalue weighted by Gasteiger charge is 2.02. The van der Waals surface area contributed by atoms with Gasteiger partial charge >= 0.3 is 0 Å². The van der Waals surface area contributed by atoms with Crippen molar-refractivity contribution in [2.75, 3.05) is 47.1 Å². The van der Waals surface area contributed by atoms with Crippen molar-refractivity contribution in [2.24, 2.45) is 0 Å². The van der Waals surface area contributed by atoms with Crippen LogP contribution in [0.25, 0.3) is 0 Å². The van der Waals surface area contributed by atoms with Crippen LogP contribution in [0, 0.1) is 0 Å². The summed E-state index contributed by atoms with van der Waals surface area (Å²) in [5.74, 6) is 0. The molecule has 13 heavy (non-hydrogen) atoms. The summed E-state index contributed by atoms with van der Waals surface area (Å²) >= 11 is 0. The molecule has 0 aromatic heterocycles. The van der Waals surface area contributed by atoms with Gasteiger partial charge in [0, 0.05) is 27.3 Å². The minimum atomic E-state index is -0.210. The van der Waals surface area contributed by atoms with Gasteiger partial charge in [0.25, 0.3) is 0 Å². The number of hydrogen-bond acceptors (Lipinski definition) is 5. The molecule has 0 fully saturated rings. The SMILES string of the molecule is COC(CNCCOCCO)OC. The predicted molar refractivity (Wildman–Crippen MR) is 48.6 cm³/mol. The van der Waals surface area contributed by atoms with Crippen molar-refractivity contribution in [2.45, 2.75) is 6.29 Å². The van der Waals surface area contributed by atoms with Crippen molar-refractivity contribution in [1.29, 1.82) is 0 Å². The van der Waals surface area contributed by atoms with Crippen LogP contribution in [0.5, 0.6) is 0 Å². The summed E-state index contributed by atoms with van der Waals surface area (Å²) in [7, 11) is 3.19. The fourth-order valence-corrected chi connectivity index (χ4v) is 0.794. The minimum Gasteiger partial charge on any atom is -0.394 e. The van der Waals surface area contributed by atoms with E-state index in [1.165, 1.54) is 0 Å². The lowest BCUT2D eigenvalue weighted by Crippen LogP contribution is -2.32. The third-order valence-corrected chi connectivity index (χ3v) is 1.50. The number of ether oxygens (including phenoxy) is 3. The van der Waals surface area contributed by atoms with Gasteiger partial charge in [-0.15, -0.1) is 0 Å². The number of nitrogens with one attached hydrogen (secondary N) is 1. The summed E-state index contributed by atoms with van der Waals surface area (Å²) in [6.07, 6.45) is -0.210. The maximum absolute atomic E-state index is 8.40. The fraction of sp³-hybridized carbons (Fsp3) is 1.00. The molecule has 0 saturated heterocycles. The standard InChI is InChI=1S/C8H19NO4/c1-11-8(12-2)7-9-3-5-13-6-4-10/h8-10H,3-7H2,1-2H3. The summed E-state index contributed by atoms with van der Waals surface area (Å²) in [5, 5.41) is 11.5. The molecule has 0 bridgehead atoms. The van der Waals surface area contributed by atoms with Crippen LogP contribution in [-0.4, -0.2) is 58.5 Å². The summed E-state index contributed by atoms with van der Waals surface area (Å²) in [5.41, 5.74) is 0. The van der Waals surface area contributed by atoms with Crippen LogP contribution in [0.1, 0.15) is 0 Å². The van der Waals surface area contributed by atoms with Gasteiger partial charge in [-0.05, 0) is 0 Å². The molecular formula is C8H19NO4. The van der Waals surface area contributed by atoms with E-state index in [9.17, 15) is 0 Å². The summed E-state index contributed by atoms with van der Waals surface area (Å²) < 4.78 is 15.0. The molecule has 0 amide bonds. The van der Waals surface area contributed by atoms with Crippen molar-refractivity contribution < 1.29 is 19.3 Å². The first-order valence-electron chi connectivity index (χ1n) is 4.30. The molecule has 0 heterocycles. The minimum absolute atomic E-state index is 0.0682. The van der Waals surface area contributed by atoms with Crippen molar-refractivity contribution in [3.63, 3.8) is 0 Å².